The lowest BCUT2D eigenvalue weighted by atomic mass is 9.99. The molecule has 0 radical (unpaired) electrons. The number of carbonyl (C=O) groups excluding carboxylic acids is 1. The monoisotopic (exact) mass is 370 g/mol. The number of fused-ring (bicyclic) bond motifs is 1. The van der Waals surface area contributed by atoms with Crippen molar-refractivity contribution in [1.29, 1.82) is 0 Å². The minimum absolute atomic E-state index is 0.0218. The molecule has 2 amide bonds. The summed E-state index contributed by atoms with van der Waals surface area (Å²) in [6, 6.07) is 16.4. The molecule has 0 aromatic heterocycles. The normalized spacial score (nSPS) is 16.8. The summed E-state index contributed by atoms with van der Waals surface area (Å²) in [6.07, 6.45) is 4.68. The predicted molar refractivity (Wildman–Crippen MR) is 108 cm³/mol. The number of aryl methyl sites for hydroxylation is 1. The second-order valence-corrected chi connectivity index (χ2v) is 7.64. The topological polar surface area (TPSA) is 61.4 Å². The van der Waals surface area contributed by atoms with Crippen LogP contribution in [0.25, 0.3) is 11.1 Å². The molecule has 3 rings (SSSR count). The maximum Gasteiger partial charge on any atom is 0.315 e. The standard InChI is InChI=1S/C21H26N2O2S/c1-26-12-11-18(14-24)22-21(25)23-20-10-9-16-7-8-17(13-19(16)20)15-5-3-2-4-6-15/h2-8,13,18,20,24H,9-12,14H2,1H3,(H2,22,23,25). The van der Waals surface area contributed by atoms with Gasteiger partial charge in [-0.05, 0) is 59.6 Å². The van der Waals surface area contributed by atoms with E-state index in [1.165, 1.54) is 22.3 Å². The van der Waals surface area contributed by atoms with E-state index in [1.54, 1.807) is 11.8 Å². The Morgan fingerprint density at radius 1 is 1.23 bits per heavy atom. The van der Waals surface area contributed by atoms with Crippen LogP contribution in [0.4, 0.5) is 4.79 Å². The van der Waals surface area contributed by atoms with Gasteiger partial charge in [0, 0.05) is 0 Å². The number of aliphatic hydroxyl groups excluding tert-OH is 1. The first-order chi connectivity index (χ1) is 12.7. The summed E-state index contributed by atoms with van der Waals surface area (Å²) in [7, 11) is 0. The van der Waals surface area contributed by atoms with Crippen LogP contribution in [0.2, 0.25) is 0 Å². The van der Waals surface area contributed by atoms with Gasteiger partial charge in [-0.1, -0.05) is 42.5 Å². The number of benzene rings is 2. The molecule has 0 fully saturated rings. The van der Waals surface area contributed by atoms with Gasteiger partial charge in [0.15, 0.2) is 0 Å². The van der Waals surface area contributed by atoms with E-state index in [9.17, 15) is 9.90 Å². The summed E-state index contributed by atoms with van der Waals surface area (Å²) in [5.41, 5.74) is 4.86. The molecule has 2 unspecified atom stereocenters. The third-order valence-corrected chi connectivity index (χ3v) is 5.51. The van der Waals surface area contributed by atoms with Gasteiger partial charge in [0.1, 0.15) is 0 Å². The minimum atomic E-state index is -0.201. The van der Waals surface area contributed by atoms with Crippen molar-refractivity contribution < 1.29 is 9.90 Å². The van der Waals surface area contributed by atoms with Gasteiger partial charge in [-0.3, -0.25) is 0 Å². The zero-order valence-electron chi connectivity index (χ0n) is 15.1. The van der Waals surface area contributed by atoms with Crippen LogP contribution in [0.5, 0.6) is 0 Å². The summed E-state index contributed by atoms with van der Waals surface area (Å²) >= 11 is 1.71. The Kier molecular flexibility index (Phi) is 6.58. The fourth-order valence-electron chi connectivity index (χ4n) is 3.42. The lowest BCUT2D eigenvalue weighted by Gasteiger charge is -2.20. The molecule has 0 aliphatic heterocycles. The predicted octanol–water partition coefficient (Wildman–Crippen LogP) is 3.75. The molecule has 0 saturated carbocycles. The SMILES string of the molecule is CSCCC(CO)NC(=O)NC1CCc2ccc(-c3ccccc3)cc21. The van der Waals surface area contributed by atoms with E-state index in [4.69, 9.17) is 0 Å². The maximum atomic E-state index is 12.4. The molecule has 0 saturated heterocycles. The van der Waals surface area contributed by atoms with Gasteiger partial charge < -0.3 is 15.7 Å². The summed E-state index contributed by atoms with van der Waals surface area (Å²) < 4.78 is 0. The van der Waals surface area contributed by atoms with E-state index in [1.807, 2.05) is 24.5 Å². The highest BCUT2D eigenvalue weighted by atomic mass is 32.2. The van der Waals surface area contributed by atoms with Crippen molar-refractivity contribution in [3.63, 3.8) is 0 Å². The highest BCUT2D eigenvalue weighted by Gasteiger charge is 2.25. The molecule has 26 heavy (non-hydrogen) atoms. The van der Waals surface area contributed by atoms with E-state index in [-0.39, 0.29) is 24.7 Å². The Balaban J connectivity index is 1.68. The van der Waals surface area contributed by atoms with Crippen molar-refractivity contribution in [3.8, 4) is 11.1 Å². The summed E-state index contributed by atoms with van der Waals surface area (Å²) in [6.45, 7) is -0.0343. The number of rotatable bonds is 7. The van der Waals surface area contributed by atoms with Crippen molar-refractivity contribution in [2.24, 2.45) is 0 Å². The van der Waals surface area contributed by atoms with Gasteiger partial charge in [0.25, 0.3) is 0 Å². The lowest BCUT2D eigenvalue weighted by molar-refractivity contribution is 0.212. The van der Waals surface area contributed by atoms with E-state index in [0.29, 0.717) is 0 Å². The molecule has 2 aromatic rings. The van der Waals surface area contributed by atoms with Crippen LogP contribution in [0.15, 0.2) is 48.5 Å². The fourth-order valence-corrected chi connectivity index (χ4v) is 3.94. The Morgan fingerprint density at radius 3 is 2.77 bits per heavy atom. The zero-order valence-corrected chi connectivity index (χ0v) is 15.9. The molecular formula is C21H26N2O2S. The zero-order chi connectivity index (χ0) is 18.4. The van der Waals surface area contributed by atoms with Crippen molar-refractivity contribution in [3.05, 3.63) is 59.7 Å². The Hall–Kier alpha value is -1.98. The molecule has 1 aliphatic rings. The average molecular weight is 371 g/mol. The summed E-state index contributed by atoms with van der Waals surface area (Å²) in [4.78, 5) is 12.4. The number of thioether (sulfide) groups is 1. The highest BCUT2D eigenvalue weighted by Crippen LogP contribution is 2.34. The van der Waals surface area contributed by atoms with Gasteiger partial charge in [0.05, 0.1) is 18.7 Å². The van der Waals surface area contributed by atoms with Crippen LogP contribution in [0.1, 0.15) is 30.0 Å². The first-order valence-electron chi connectivity index (χ1n) is 9.06. The molecule has 4 nitrogen and oxygen atoms in total. The van der Waals surface area contributed by atoms with E-state index in [2.05, 4.69) is 41.0 Å². The number of hydrogen-bond donors (Lipinski definition) is 3. The molecule has 2 atom stereocenters. The maximum absolute atomic E-state index is 12.4. The van der Waals surface area contributed by atoms with Gasteiger partial charge >= 0.3 is 6.03 Å². The molecule has 0 bridgehead atoms. The molecule has 0 heterocycles. The third kappa shape index (κ3) is 4.59. The number of hydrogen-bond acceptors (Lipinski definition) is 3. The number of amides is 2. The van der Waals surface area contributed by atoms with Crippen LogP contribution in [-0.2, 0) is 6.42 Å². The van der Waals surface area contributed by atoms with Crippen LogP contribution in [0, 0.1) is 0 Å². The van der Waals surface area contributed by atoms with Gasteiger partial charge in [0.2, 0.25) is 0 Å². The minimum Gasteiger partial charge on any atom is -0.394 e. The lowest BCUT2D eigenvalue weighted by Crippen LogP contribution is -2.45. The summed E-state index contributed by atoms with van der Waals surface area (Å²) in [5, 5.41) is 15.4. The second kappa shape index (κ2) is 9.10. The number of carbonyl (C=O) groups is 1. The summed E-state index contributed by atoms with van der Waals surface area (Å²) in [5.74, 6) is 0.915. The number of nitrogens with one attached hydrogen (secondary N) is 2. The van der Waals surface area contributed by atoms with Crippen molar-refractivity contribution in [1.82, 2.24) is 10.6 Å². The Morgan fingerprint density at radius 2 is 2.04 bits per heavy atom. The number of aliphatic hydroxyl groups is 1. The first kappa shape index (κ1) is 18.8. The van der Waals surface area contributed by atoms with Crippen LogP contribution in [-0.4, -0.2) is 35.8 Å². The average Bonchev–Trinajstić information content (AvgIpc) is 3.07. The van der Waals surface area contributed by atoms with Crippen molar-refractivity contribution in [2.75, 3.05) is 18.6 Å². The molecule has 1 aliphatic carbocycles. The van der Waals surface area contributed by atoms with Crippen molar-refractivity contribution >= 4 is 17.8 Å². The highest BCUT2D eigenvalue weighted by molar-refractivity contribution is 7.98. The van der Waals surface area contributed by atoms with E-state index >= 15 is 0 Å². The third-order valence-electron chi connectivity index (χ3n) is 4.86. The van der Waals surface area contributed by atoms with Crippen LogP contribution >= 0.6 is 11.8 Å². The second-order valence-electron chi connectivity index (χ2n) is 6.65. The van der Waals surface area contributed by atoms with Gasteiger partial charge in [-0.2, -0.15) is 11.8 Å². The smallest absolute Gasteiger partial charge is 0.315 e. The Bertz CT molecular complexity index is 736. The van der Waals surface area contributed by atoms with Gasteiger partial charge in [-0.15, -0.1) is 0 Å². The molecule has 3 N–H and O–H groups in total. The molecule has 2 aromatic carbocycles. The van der Waals surface area contributed by atoms with Crippen molar-refractivity contribution in [2.45, 2.75) is 31.3 Å². The first-order valence-corrected chi connectivity index (χ1v) is 10.5. The fraction of sp³-hybridized carbons (Fsp3) is 0.381. The quantitative estimate of drug-likeness (QED) is 0.695. The van der Waals surface area contributed by atoms with Crippen LogP contribution < -0.4 is 10.6 Å². The molecule has 138 valence electrons. The van der Waals surface area contributed by atoms with E-state index < -0.39 is 0 Å². The molecular weight excluding hydrogens is 344 g/mol. The number of urea groups is 1. The molecule has 5 heteroatoms. The van der Waals surface area contributed by atoms with Crippen LogP contribution in [0.3, 0.4) is 0 Å². The van der Waals surface area contributed by atoms with Gasteiger partial charge in [-0.25, -0.2) is 4.79 Å². The molecule has 0 spiro atoms. The Labute approximate surface area is 159 Å². The largest absolute Gasteiger partial charge is 0.394 e. The van der Waals surface area contributed by atoms with E-state index in [0.717, 1.165) is 25.0 Å².